The second kappa shape index (κ2) is 5.65. The fourth-order valence-corrected chi connectivity index (χ4v) is 2.48. The largest absolute Gasteiger partial charge is 0.280 e. The van der Waals surface area contributed by atoms with Crippen molar-refractivity contribution in [3.05, 3.63) is 54.1 Å². The van der Waals surface area contributed by atoms with Gasteiger partial charge in [0, 0.05) is 11.1 Å². The summed E-state index contributed by atoms with van der Waals surface area (Å²) in [6, 6.07) is 10.8. The first-order valence-corrected chi connectivity index (χ1v) is 7.60. The van der Waals surface area contributed by atoms with Crippen LogP contribution in [0.2, 0.25) is 0 Å². The molecule has 2 heterocycles. The van der Waals surface area contributed by atoms with Crippen molar-refractivity contribution in [3.8, 4) is 0 Å². The molecule has 3 rings (SSSR count). The molecule has 0 N–H and O–H groups in total. The molecule has 2 aromatic heterocycles. The van der Waals surface area contributed by atoms with Crippen LogP contribution in [0.25, 0.3) is 5.65 Å². The summed E-state index contributed by atoms with van der Waals surface area (Å²) >= 11 is 1.65. The van der Waals surface area contributed by atoms with Crippen LogP contribution in [0.4, 0.5) is 15.9 Å². The number of hydrogen-bond donors (Lipinski definition) is 0. The van der Waals surface area contributed by atoms with Gasteiger partial charge in [0.1, 0.15) is 11.5 Å². The zero-order chi connectivity index (χ0) is 14.8. The monoisotopic (exact) mass is 300 g/mol. The van der Waals surface area contributed by atoms with E-state index in [1.54, 1.807) is 22.2 Å². The van der Waals surface area contributed by atoms with Crippen LogP contribution in [0.3, 0.4) is 0 Å². The number of nitrogens with zero attached hydrogens (tertiary/aromatic N) is 4. The van der Waals surface area contributed by atoms with E-state index in [9.17, 15) is 4.39 Å². The molecule has 21 heavy (non-hydrogen) atoms. The molecule has 3 aromatic rings. The lowest BCUT2D eigenvalue weighted by atomic mass is 10.3. The average Bonchev–Trinajstić information content (AvgIpc) is 2.80. The molecule has 6 heteroatoms. The lowest BCUT2D eigenvalue weighted by Gasteiger charge is -1.98. The van der Waals surface area contributed by atoms with Crippen molar-refractivity contribution in [2.75, 3.05) is 6.26 Å². The fraction of sp³-hybridized carbons (Fsp3) is 0.133. The lowest BCUT2D eigenvalue weighted by Crippen LogP contribution is -1.85. The number of benzene rings is 1. The highest BCUT2D eigenvalue weighted by molar-refractivity contribution is 7.98. The lowest BCUT2D eigenvalue weighted by molar-refractivity contribution is 0.619. The zero-order valence-corrected chi connectivity index (χ0v) is 12.4. The Labute approximate surface area is 125 Å². The van der Waals surface area contributed by atoms with Crippen molar-refractivity contribution in [2.45, 2.75) is 11.8 Å². The Morgan fingerprint density at radius 1 is 1.19 bits per heavy atom. The van der Waals surface area contributed by atoms with Gasteiger partial charge in [-0.15, -0.1) is 22.0 Å². The molecule has 0 atom stereocenters. The predicted octanol–water partition coefficient (Wildman–Crippen LogP) is 4.92. The van der Waals surface area contributed by atoms with Gasteiger partial charge in [-0.25, -0.2) is 9.37 Å². The first-order chi connectivity index (χ1) is 10.2. The summed E-state index contributed by atoms with van der Waals surface area (Å²) in [6.07, 6.45) is 3.37. The molecule has 4 nitrogen and oxygen atoms in total. The number of azo groups is 1. The van der Waals surface area contributed by atoms with Gasteiger partial charge >= 0.3 is 0 Å². The van der Waals surface area contributed by atoms with Gasteiger partial charge in [0.2, 0.25) is 0 Å². The van der Waals surface area contributed by atoms with E-state index in [4.69, 9.17) is 0 Å². The Bertz CT molecular complexity index is 826. The van der Waals surface area contributed by atoms with Crippen molar-refractivity contribution in [2.24, 2.45) is 10.2 Å². The summed E-state index contributed by atoms with van der Waals surface area (Å²) in [5.74, 6) is 0.208. The smallest absolute Gasteiger partial charge is 0.182 e. The van der Waals surface area contributed by atoms with Crippen molar-refractivity contribution >= 4 is 28.9 Å². The number of rotatable bonds is 3. The maximum Gasteiger partial charge on any atom is 0.182 e. The van der Waals surface area contributed by atoms with E-state index in [0.29, 0.717) is 17.2 Å². The van der Waals surface area contributed by atoms with Crippen LogP contribution in [-0.4, -0.2) is 15.6 Å². The van der Waals surface area contributed by atoms with Gasteiger partial charge in [0.15, 0.2) is 5.82 Å². The zero-order valence-electron chi connectivity index (χ0n) is 11.6. The average molecular weight is 300 g/mol. The highest BCUT2D eigenvalue weighted by atomic mass is 32.2. The summed E-state index contributed by atoms with van der Waals surface area (Å²) in [6.45, 7) is 1.83. The third kappa shape index (κ3) is 2.80. The summed E-state index contributed by atoms with van der Waals surface area (Å²) < 4.78 is 15.0. The Hall–Kier alpha value is -2.21. The predicted molar refractivity (Wildman–Crippen MR) is 82.3 cm³/mol. The van der Waals surface area contributed by atoms with Crippen molar-refractivity contribution < 1.29 is 4.39 Å². The Morgan fingerprint density at radius 2 is 2.05 bits per heavy atom. The molecule has 0 fully saturated rings. The van der Waals surface area contributed by atoms with Crippen molar-refractivity contribution in [1.29, 1.82) is 0 Å². The number of imidazole rings is 1. The van der Waals surface area contributed by atoms with Crippen LogP contribution in [0.1, 0.15) is 5.69 Å². The van der Waals surface area contributed by atoms with E-state index in [1.807, 2.05) is 37.4 Å². The highest BCUT2D eigenvalue weighted by Gasteiger charge is 2.08. The van der Waals surface area contributed by atoms with Crippen molar-refractivity contribution in [1.82, 2.24) is 9.38 Å². The molecule has 0 radical (unpaired) electrons. The van der Waals surface area contributed by atoms with Crippen LogP contribution in [0.5, 0.6) is 0 Å². The van der Waals surface area contributed by atoms with Gasteiger partial charge in [-0.05, 0) is 43.5 Å². The molecule has 0 aliphatic rings. The molecule has 0 amide bonds. The highest BCUT2D eigenvalue weighted by Crippen LogP contribution is 2.26. The number of halogens is 1. The van der Waals surface area contributed by atoms with Gasteiger partial charge in [-0.3, -0.25) is 4.40 Å². The first kappa shape index (κ1) is 13.8. The summed E-state index contributed by atoms with van der Waals surface area (Å²) in [5, 5.41) is 8.46. The molecular weight excluding hydrogens is 287 g/mol. The van der Waals surface area contributed by atoms with Gasteiger partial charge in [-0.1, -0.05) is 6.07 Å². The van der Waals surface area contributed by atoms with Crippen LogP contribution in [0, 0.1) is 12.7 Å². The molecule has 0 aliphatic carbocycles. The minimum absolute atomic E-state index is 0.333. The SMILES string of the molecule is CSc1cccc(N=Nc2c(C)nc3ccc(F)cn23)c1. The van der Waals surface area contributed by atoms with Crippen LogP contribution < -0.4 is 0 Å². The molecule has 0 spiro atoms. The number of pyridine rings is 1. The third-order valence-electron chi connectivity index (χ3n) is 3.04. The van der Waals surface area contributed by atoms with E-state index in [-0.39, 0.29) is 5.82 Å². The molecule has 1 aromatic carbocycles. The molecule has 0 unspecified atom stereocenters. The number of hydrogen-bond acceptors (Lipinski definition) is 4. The van der Waals surface area contributed by atoms with Crippen molar-refractivity contribution in [3.63, 3.8) is 0 Å². The molecule has 0 bridgehead atoms. The Morgan fingerprint density at radius 3 is 2.86 bits per heavy atom. The maximum atomic E-state index is 13.4. The third-order valence-corrected chi connectivity index (χ3v) is 3.76. The molecule has 0 saturated carbocycles. The molecular formula is C15H13FN4S. The van der Waals surface area contributed by atoms with E-state index < -0.39 is 0 Å². The van der Waals surface area contributed by atoms with Crippen LogP contribution >= 0.6 is 11.8 Å². The number of aryl methyl sites for hydroxylation is 1. The normalized spacial score (nSPS) is 11.6. The van der Waals surface area contributed by atoms with Gasteiger partial charge in [0.25, 0.3) is 0 Å². The molecule has 106 valence electrons. The van der Waals surface area contributed by atoms with Crippen LogP contribution in [0.15, 0.2) is 57.7 Å². The van der Waals surface area contributed by atoms with E-state index in [2.05, 4.69) is 15.2 Å². The minimum atomic E-state index is -0.333. The summed E-state index contributed by atoms with van der Waals surface area (Å²) in [7, 11) is 0. The topological polar surface area (TPSA) is 42.0 Å². The summed E-state index contributed by atoms with van der Waals surface area (Å²) in [4.78, 5) is 5.46. The standard InChI is InChI=1S/C15H13FN4S/c1-10-15(20-9-11(16)6-7-14(20)17-10)19-18-12-4-3-5-13(8-12)21-2/h3-9H,1-2H3. The van der Waals surface area contributed by atoms with E-state index in [1.165, 1.54) is 12.3 Å². The maximum absolute atomic E-state index is 13.4. The second-order valence-electron chi connectivity index (χ2n) is 4.50. The van der Waals surface area contributed by atoms with Gasteiger partial charge in [0.05, 0.1) is 11.4 Å². The van der Waals surface area contributed by atoms with Crippen LogP contribution in [-0.2, 0) is 0 Å². The second-order valence-corrected chi connectivity index (χ2v) is 5.38. The Balaban J connectivity index is 2.02. The first-order valence-electron chi connectivity index (χ1n) is 6.37. The van der Waals surface area contributed by atoms with E-state index >= 15 is 0 Å². The number of thioether (sulfide) groups is 1. The minimum Gasteiger partial charge on any atom is -0.280 e. The number of fused-ring (bicyclic) bond motifs is 1. The molecule has 0 saturated heterocycles. The Kier molecular flexibility index (Phi) is 3.70. The van der Waals surface area contributed by atoms with Gasteiger partial charge in [-0.2, -0.15) is 0 Å². The fourth-order valence-electron chi connectivity index (χ4n) is 2.02. The number of aromatic nitrogens is 2. The van der Waals surface area contributed by atoms with Gasteiger partial charge < -0.3 is 0 Å². The quantitative estimate of drug-likeness (QED) is 0.509. The summed E-state index contributed by atoms with van der Waals surface area (Å²) in [5.41, 5.74) is 2.12. The molecule has 0 aliphatic heterocycles. The van der Waals surface area contributed by atoms with E-state index in [0.717, 1.165) is 10.6 Å².